The van der Waals surface area contributed by atoms with Crippen molar-refractivity contribution in [1.29, 1.82) is 0 Å². The molecule has 2 heterocycles. The van der Waals surface area contributed by atoms with Crippen LogP contribution in [0.4, 0.5) is 5.69 Å². The summed E-state index contributed by atoms with van der Waals surface area (Å²) in [6.45, 7) is 0. The number of nitro groups is 1. The molecule has 0 aliphatic heterocycles. The van der Waals surface area contributed by atoms with Crippen LogP contribution in [0.15, 0.2) is 52.5 Å². The number of halogens is 1. The first kappa shape index (κ1) is 14.0. The molecule has 0 radical (unpaired) electrons. The van der Waals surface area contributed by atoms with Crippen molar-refractivity contribution in [2.45, 2.75) is 0 Å². The number of furan rings is 1. The van der Waals surface area contributed by atoms with Gasteiger partial charge in [-0.15, -0.1) is 10.2 Å². The zero-order valence-corrected chi connectivity index (χ0v) is 11.7. The second kappa shape index (κ2) is 5.78. The van der Waals surface area contributed by atoms with Crippen LogP contribution in [0.1, 0.15) is 5.76 Å². The van der Waals surface area contributed by atoms with Crippen molar-refractivity contribution in [2.24, 2.45) is 5.10 Å². The summed E-state index contributed by atoms with van der Waals surface area (Å²) in [4.78, 5) is 10.6. The first-order valence-electron chi connectivity index (χ1n) is 6.06. The molecule has 0 N–H and O–H groups in total. The van der Waals surface area contributed by atoms with Gasteiger partial charge in [-0.25, -0.2) is 4.68 Å². The first-order valence-corrected chi connectivity index (χ1v) is 6.44. The van der Waals surface area contributed by atoms with Gasteiger partial charge in [-0.2, -0.15) is 5.10 Å². The molecule has 22 heavy (non-hydrogen) atoms. The van der Waals surface area contributed by atoms with Gasteiger partial charge < -0.3 is 4.42 Å². The van der Waals surface area contributed by atoms with E-state index in [4.69, 9.17) is 16.0 Å². The fraction of sp³-hybridized carbons (Fsp3) is 0. The Labute approximate surface area is 128 Å². The van der Waals surface area contributed by atoms with E-state index in [0.717, 1.165) is 0 Å². The molecule has 0 saturated carbocycles. The van der Waals surface area contributed by atoms with Crippen LogP contribution < -0.4 is 0 Å². The smallest absolute Gasteiger partial charge is 0.281 e. The Hall–Kier alpha value is -3.00. The summed E-state index contributed by atoms with van der Waals surface area (Å²) in [6, 6.07) is 7.67. The lowest BCUT2D eigenvalue weighted by molar-refractivity contribution is -0.384. The monoisotopic (exact) mass is 317 g/mol. The number of rotatable bonds is 4. The van der Waals surface area contributed by atoms with Gasteiger partial charge in [0.2, 0.25) is 0 Å². The minimum atomic E-state index is -0.505. The number of benzene rings is 1. The van der Waals surface area contributed by atoms with E-state index in [0.29, 0.717) is 17.1 Å². The Kier molecular flexibility index (Phi) is 3.67. The second-order valence-corrected chi connectivity index (χ2v) is 4.64. The number of hydrogen-bond donors (Lipinski definition) is 0. The van der Waals surface area contributed by atoms with Crippen molar-refractivity contribution in [1.82, 2.24) is 14.9 Å². The first-order chi connectivity index (χ1) is 10.6. The fourth-order valence-electron chi connectivity index (χ4n) is 1.81. The Morgan fingerprint density at radius 3 is 2.77 bits per heavy atom. The van der Waals surface area contributed by atoms with E-state index in [2.05, 4.69) is 15.3 Å². The molecule has 9 heteroatoms. The largest absolute Gasteiger partial charge is 0.455 e. The van der Waals surface area contributed by atoms with Gasteiger partial charge in [0.1, 0.15) is 24.2 Å². The summed E-state index contributed by atoms with van der Waals surface area (Å²) < 4.78 is 6.94. The van der Waals surface area contributed by atoms with Crippen LogP contribution in [-0.2, 0) is 0 Å². The lowest BCUT2D eigenvalue weighted by Gasteiger charge is -2.00. The van der Waals surface area contributed by atoms with Crippen LogP contribution in [0, 0.1) is 10.1 Å². The lowest BCUT2D eigenvalue weighted by atomic mass is 10.1. The van der Waals surface area contributed by atoms with Crippen LogP contribution in [0.3, 0.4) is 0 Å². The van der Waals surface area contributed by atoms with Gasteiger partial charge in [0.15, 0.2) is 0 Å². The summed E-state index contributed by atoms with van der Waals surface area (Å²) in [5.41, 5.74) is 0.225. The molecule has 0 unspecified atom stereocenters. The van der Waals surface area contributed by atoms with Crippen LogP contribution in [-0.4, -0.2) is 26.0 Å². The molecule has 0 aliphatic carbocycles. The number of nitrogens with zero attached hydrogens (tertiary/aromatic N) is 5. The summed E-state index contributed by atoms with van der Waals surface area (Å²) >= 11 is 5.79. The highest BCUT2D eigenvalue weighted by Crippen LogP contribution is 2.33. The minimum absolute atomic E-state index is 0.121. The Morgan fingerprint density at radius 1 is 1.27 bits per heavy atom. The van der Waals surface area contributed by atoms with Gasteiger partial charge in [-0.05, 0) is 24.3 Å². The fourth-order valence-corrected chi connectivity index (χ4v) is 1.98. The SMILES string of the molecule is O=[N+]([O-])c1cc(Cl)ccc1-c1ccc(/C=N\n2cnnc2)o1. The van der Waals surface area contributed by atoms with Crippen LogP contribution in [0.5, 0.6) is 0 Å². The van der Waals surface area contributed by atoms with Crippen molar-refractivity contribution >= 4 is 23.5 Å². The maximum Gasteiger partial charge on any atom is 0.281 e. The van der Waals surface area contributed by atoms with E-state index in [9.17, 15) is 10.1 Å². The van der Waals surface area contributed by atoms with Crippen molar-refractivity contribution in [3.63, 3.8) is 0 Å². The quantitative estimate of drug-likeness (QED) is 0.418. The molecule has 3 aromatic rings. The van der Waals surface area contributed by atoms with Crippen LogP contribution >= 0.6 is 11.6 Å². The molecule has 2 aromatic heterocycles. The summed E-state index contributed by atoms with van der Waals surface area (Å²) in [7, 11) is 0. The molecular weight excluding hydrogens is 310 g/mol. The van der Waals surface area contributed by atoms with Crippen LogP contribution in [0.2, 0.25) is 5.02 Å². The highest BCUT2D eigenvalue weighted by atomic mass is 35.5. The minimum Gasteiger partial charge on any atom is -0.455 e. The topological polar surface area (TPSA) is 99.3 Å². The van der Waals surface area contributed by atoms with E-state index in [1.54, 1.807) is 24.3 Å². The molecule has 1 aromatic carbocycles. The highest BCUT2D eigenvalue weighted by molar-refractivity contribution is 6.30. The molecule has 110 valence electrons. The Balaban J connectivity index is 1.92. The van der Waals surface area contributed by atoms with Crippen molar-refractivity contribution < 1.29 is 9.34 Å². The van der Waals surface area contributed by atoms with E-state index >= 15 is 0 Å². The molecule has 8 nitrogen and oxygen atoms in total. The van der Waals surface area contributed by atoms with Crippen LogP contribution in [0.25, 0.3) is 11.3 Å². The molecule has 0 saturated heterocycles. The second-order valence-electron chi connectivity index (χ2n) is 4.21. The Bertz CT molecular complexity index is 841. The molecule has 3 rings (SSSR count). The maximum absolute atomic E-state index is 11.1. The third kappa shape index (κ3) is 2.86. The predicted molar refractivity (Wildman–Crippen MR) is 78.8 cm³/mol. The zero-order valence-electron chi connectivity index (χ0n) is 11.0. The summed E-state index contributed by atoms with van der Waals surface area (Å²) in [6.07, 6.45) is 4.30. The van der Waals surface area contributed by atoms with E-state index in [1.165, 1.54) is 29.6 Å². The van der Waals surface area contributed by atoms with E-state index in [1.807, 2.05) is 0 Å². The number of aromatic nitrogens is 3. The van der Waals surface area contributed by atoms with Crippen molar-refractivity contribution in [3.8, 4) is 11.3 Å². The summed E-state index contributed by atoms with van der Waals surface area (Å²) in [5, 5.41) is 22.6. The molecular formula is C13H8ClN5O3. The third-order valence-corrected chi connectivity index (χ3v) is 3.01. The third-order valence-electron chi connectivity index (χ3n) is 2.77. The average molecular weight is 318 g/mol. The molecule has 0 atom stereocenters. The predicted octanol–water partition coefficient (Wildman–Crippen LogP) is 2.98. The zero-order chi connectivity index (χ0) is 15.5. The molecule has 0 spiro atoms. The molecule has 0 fully saturated rings. The number of nitro benzene ring substituents is 1. The normalized spacial score (nSPS) is 11.1. The summed E-state index contributed by atoms with van der Waals surface area (Å²) in [5.74, 6) is 0.793. The van der Waals surface area contributed by atoms with Crippen molar-refractivity contribution in [2.75, 3.05) is 0 Å². The molecule has 0 bridgehead atoms. The lowest BCUT2D eigenvalue weighted by Crippen LogP contribution is -1.91. The average Bonchev–Trinajstić information content (AvgIpc) is 3.16. The van der Waals surface area contributed by atoms with Gasteiger partial charge in [0.25, 0.3) is 5.69 Å². The van der Waals surface area contributed by atoms with E-state index in [-0.39, 0.29) is 10.7 Å². The van der Waals surface area contributed by atoms with Gasteiger partial charge >= 0.3 is 0 Å². The Morgan fingerprint density at radius 2 is 2.05 bits per heavy atom. The van der Waals surface area contributed by atoms with Gasteiger partial charge in [0, 0.05) is 11.1 Å². The van der Waals surface area contributed by atoms with E-state index < -0.39 is 4.92 Å². The highest BCUT2D eigenvalue weighted by Gasteiger charge is 2.18. The van der Waals surface area contributed by atoms with Gasteiger partial charge in [-0.1, -0.05) is 11.6 Å². The van der Waals surface area contributed by atoms with Gasteiger partial charge in [-0.3, -0.25) is 10.1 Å². The number of hydrogen-bond acceptors (Lipinski definition) is 6. The molecule has 0 aliphatic rings. The van der Waals surface area contributed by atoms with Crippen molar-refractivity contribution in [3.05, 3.63) is 63.9 Å². The standard InChI is InChI=1S/C13H8ClN5O3/c14-9-1-3-11(12(5-9)19(20)21)13-4-2-10(22-13)6-17-18-7-15-16-8-18/h1-8H/b17-6-. The maximum atomic E-state index is 11.1. The van der Waals surface area contributed by atoms with Gasteiger partial charge in [0.05, 0.1) is 16.7 Å². The molecule has 0 amide bonds.